The quantitative estimate of drug-likeness (QED) is 0.706. The third-order valence-electron chi connectivity index (χ3n) is 1.74. The van der Waals surface area contributed by atoms with Crippen LogP contribution in [0.2, 0.25) is 0 Å². The van der Waals surface area contributed by atoms with E-state index in [2.05, 4.69) is 0 Å². The molecular formula is C8H8F3NO. The molecular weight excluding hydrogens is 183 g/mol. The highest BCUT2D eigenvalue weighted by atomic mass is 19.2. The van der Waals surface area contributed by atoms with Crippen LogP contribution in [0.3, 0.4) is 0 Å². The monoisotopic (exact) mass is 191 g/mol. The van der Waals surface area contributed by atoms with Crippen molar-refractivity contribution in [2.45, 2.75) is 12.6 Å². The molecule has 0 aromatic carbocycles. The van der Waals surface area contributed by atoms with Gasteiger partial charge in [-0.1, -0.05) is 0 Å². The summed E-state index contributed by atoms with van der Waals surface area (Å²) in [4.78, 5) is 10.4. The van der Waals surface area contributed by atoms with Crippen molar-refractivity contribution in [1.82, 2.24) is 0 Å². The molecule has 0 saturated heterocycles. The molecule has 72 valence electrons. The summed E-state index contributed by atoms with van der Waals surface area (Å²) in [5.74, 6) is -4.10. The van der Waals surface area contributed by atoms with Crippen molar-refractivity contribution in [3.63, 3.8) is 0 Å². The number of alkyl halides is 1. The van der Waals surface area contributed by atoms with Crippen LogP contribution in [0.1, 0.15) is 6.42 Å². The number of nitrogens with two attached hydrogens (primary N) is 1. The van der Waals surface area contributed by atoms with Crippen LogP contribution < -0.4 is 5.73 Å². The summed E-state index contributed by atoms with van der Waals surface area (Å²) in [5, 5.41) is 0. The molecule has 1 aliphatic carbocycles. The van der Waals surface area contributed by atoms with Crippen LogP contribution in [-0.4, -0.2) is 12.1 Å². The minimum atomic E-state index is -1.69. The smallest absolute Gasteiger partial charge is 0.218 e. The number of halogens is 3. The predicted molar refractivity (Wildman–Crippen MR) is 40.6 cm³/mol. The Morgan fingerprint density at radius 3 is 2.46 bits per heavy atom. The lowest BCUT2D eigenvalue weighted by Gasteiger charge is -2.16. The molecule has 0 bridgehead atoms. The molecule has 2 unspecified atom stereocenters. The Hall–Kier alpha value is -1.26. The molecule has 13 heavy (non-hydrogen) atoms. The van der Waals surface area contributed by atoms with E-state index in [0.29, 0.717) is 6.08 Å². The maximum absolute atomic E-state index is 12.9. The van der Waals surface area contributed by atoms with Gasteiger partial charge in [0.2, 0.25) is 5.91 Å². The van der Waals surface area contributed by atoms with E-state index in [0.717, 1.165) is 6.08 Å². The summed E-state index contributed by atoms with van der Waals surface area (Å²) in [6.45, 7) is 0. The Morgan fingerprint density at radius 1 is 1.38 bits per heavy atom. The number of amides is 1. The SMILES string of the molecule is NC(=O)CC1C=C(F)C(F)=CC1F. The normalized spacial score (nSPS) is 27.9. The van der Waals surface area contributed by atoms with Crippen molar-refractivity contribution in [2.75, 3.05) is 0 Å². The van der Waals surface area contributed by atoms with E-state index in [1.807, 2.05) is 0 Å². The average molecular weight is 191 g/mol. The molecule has 1 aliphatic rings. The summed E-state index contributed by atoms with van der Waals surface area (Å²) in [6.07, 6.45) is -0.765. The van der Waals surface area contributed by atoms with Crippen molar-refractivity contribution in [3.8, 4) is 0 Å². The molecule has 0 heterocycles. The fourth-order valence-corrected chi connectivity index (χ4v) is 1.11. The topological polar surface area (TPSA) is 43.1 Å². The zero-order chi connectivity index (χ0) is 10.0. The molecule has 5 heteroatoms. The number of primary amides is 1. The molecule has 2 N–H and O–H groups in total. The Kier molecular flexibility index (Phi) is 2.75. The highest BCUT2D eigenvalue weighted by Gasteiger charge is 2.26. The van der Waals surface area contributed by atoms with Crippen LogP contribution in [0.25, 0.3) is 0 Å². The minimum Gasteiger partial charge on any atom is -0.370 e. The van der Waals surface area contributed by atoms with Crippen LogP contribution in [-0.2, 0) is 4.79 Å². The Morgan fingerprint density at radius 2 is 1.92 bits per heavy atom. The fraction of sp³-hybridized carbons (Fsp3) is 0.375. The molecule has 0 aromatic heterocycles. The van der Waals surface area contributed by atoms with Crippen molar-refractivity contribution >= 4 is 5.91 Å². The highest BCUT2D eigenvalue weighted by Crippen LogP contribution is 2.28. The van der Waals surface area contributed by atoms with Gasteiger partial charge < -0.3 is 5.73 Å². The molecule has 2 nitrogen and oxygen atoms in total. The summed E-state index contributed by atoms with van der Waals surface area (Å²) < 4.78 is 37.8. The first-order valence-corrected chi connectivity index (χ1v) is 3.68. The first-order chi connectivity index (χ1) is 6.00. The largest absolute Gasteiger partial charge is 0.370 e. The van der Waals surface area contributed by atoms with Crippen molar-refractivity contribution in [2.24, 2.45) is 11.7 Å². The standard InChI is InChI=1S/C8H8F3NO/c9-5-3-7(11)6(10)1-4(5)2-8(12)13/h1,3-5H,2H2,(H2,12,13). The third kappa shape index (κ3) is 2.34. The maximum atomic E-state index is 12.9. The minimum absolute atomic E-state index is 0.321. The van der Waals surface area contributed by atoms with E-state index in [9.17, 15) is 18.0 Å². The van der Waals surface area contributed by atoms with Crippen LogP contribution in [0.4, 0.5) is 13.2 Å². The van der Waals surface area contributed by atoms with Gasteiger partial charge in [0, 0.05) is 12.3 Å². The highest BCUT2D eigenvalue weighted by molar-refractivity contribution is 5.74. The van der Waals surface area contributed by atoms with Gasteiger partial charge in [0.25, 0.3) is 0 Å². The van der Waals surface area contributed by atoms with Gasteiger partial charge in [0.1, 0.15) is 6.17 Å². The van der Waals surface area contributed by atoms with Gasteiger partial charge >= 0.3 is 0 Å². The summed E-state index contributed by atoms with van der Waals surface area (Å²) >= 11 is 0. The van der Waals surface area contributed by atoms with Gasteiger partial charge in [-0.25, -0.2) is 13.2 Å². The number of carbonyl (C=O) groups is 1. The zero-order valence-corrected chi connectivity index (χ0v) is 6.64. The van der Waals surface area contributed by atoms with Crippen molar-refractivity contribution in [1.29, 1.82) is 0 Å². The number of hydrogen-bond donors (Lipinski definition) is 1. The van der Waals surface area contributed by atoms with Gasteiger partial charge in [-0.2, -0.15) is 0 Å². The van der Waals surface area contributed by atoms with Gasteiger partial charge in [-0.15, -0.1) is 0 Å². The van der Waals surface area contributed by atoms with Crippen molar-refractivity contribution in [3.05, 3.63) is 23.8 Å². The van der Waals surface area contributed by atoms with Crippen LogP contribution in [0.5, 0.6) is 0 Å². The zero-order valence-electron chi connectivity index (χ0n) is 6.64. The van der Waals surface area contributed by atoms with E-state index in [-0.39, 0.29) is 6.42 Å². The number of rotatable bonds is 2. The van der Waals surface area contributed by atoms with Crippen LogP contribution in [0, 0.1) is 5.92 Å². The molecule has 0 fully saturated rings. The van der Waals surface area contributed by atoms with E-state index >= 15 is 0 Å². The van der Waals surface area contributed by atoms with Gasteiger partial charge in [0.15, 0.2) is 11.7 Å². The molecule has 1 rings (SSSR count). The number of allylic oxidation sites excluding steroid dienone is 4. The molecule has 0 spiro atoms. The molecule has 0 radical (unpaired) electrons. The summed E-state index contributed by atoms with van der Waals surface area (Å²) in [5.41, 5.74) is 4.79. The second-order valence-corrected chi connectivity index (χ2v) is 2.81. The average Bonchev–Trinajstić information content (AvgIpc) is 1.99. The summed E-state index contributed by atoms with van der Waals surface area (Å²) in [6, 6.07) is 0. The number of carbonyl (C=O) groups excluding carboxylic acids is 1. The van der Waals surface area contributed by atoms with Gasteiger partial charge in [-0.3, -0.25) is 4.79 Å². The lowest BCUT2D eigenvalue weighted by Crippen LogP contribution is -2.23. The molecule has 0 saturated carbocycles. The summed E-state index contributed by atoms with van der Waals surface area (Å²) in [7, 11) is 0. The van der Waals surface area contributed by atoms with Crippen molar-refractivity contribution < 1.29 is 18.0 Å². The maximum Gasteiger partial charge on any atom is 0.218 e. The first-order valence-electron chi connectivity index (χ1n) is 3.68. The Labute approximate surface area is 72.9 Å². The Bertz CT molecular complexity index is 285. The van der Waals surface area contributed by atoms with E-state index in [4.69, 9.17) is 5.73 Å². The van der Waals surface area contributed by atoms with Gasteiger partial charge in [-0.05, 0) is 12.2 Å². The van der Waals surface area contributed by atoms with E-state index < -0.39 is 29.7 Å². The lowest BCUT2D eigenvalue weighted by atomic mass is 9.94. The second-order valence-electron chi connectivity index (χ2n) is 2.81. The Balaban J connectivity index is 2.75. The first kappa shape index (κ1) is 9.83. The van der Waals surface area contributed by atoms with Gasteiger partial charge in [0.05, 0.1) is 0 Å². The third-order valence-corrected chi connectivity index (χ3v) is 1.74. The fourth-order valence-electron chi connectivity index (χ4n) is 1.11. The molecule has 0 aliphatic heterocycles. The van der Waals surface area contributed by atoms with E-state index in [1.165, 1.54) is 0 Å². The number of hydrogen-bond acceptors (Lipinski definition) is 1. The van der Waals surface area contributed by atoms with E-state index in [1.54, 1.807) is 0 Å². The molecule has 1 amide bonds. The second kappa shape index (κ2) is 3.64. The van der Waals surface area contributed by atoms with Crippen LogP contribution >= 0.6 is 0 Å². The van der Waals surface area contributed by atoms with Crippen LogP contribution in [0.15, 0.2) is 23.8 Å². The molecule has 2 atom stereocenters. The predicted octanol–water partition coefficient (Wildman–Crippen LogP) is 1.54. The molecule has 0 aromatic rings. The lowest BCUT2D eigenvalue weighted by molar-refractivity contribution is -0.118.